The number of nitro groups is 1. The van der Waals surface area contributed by atoms with Crippen LogP contribution in [-0.4, -0.2) is 29.1 Å². The molecule has 1 aliphatic heterocycles. The van der Waals surface area contributed by atoms with Crippen molar-refractivity contribution >= 4 is 17.3 Å². The molecule has 0 saturated carbocycles. The molecule has 0 fully saturated rings. The number of anilines is 1. The normalized spacial score (nSPS) is 14.6. The number of rotatable bonds is 3. The molecule has 18 heavy (non-hydrogen) atoms. The van der Waals surface area contributed by atoms with Crippen LogP contribution in [0.4, 0.5) is 11.4 Å². The minimum atomic E-state index is -1.08. The maximum atomic E-state index is 11.0. The zero-order valence-electron chi connectivity index (χ0n) is 9.57. The first-order valence-corrected chi connectivity index (χ1v) is 5.51. The van der Waals surface area contributed by atoms with E-state index in [0.29, 0.717) is 18.8 Å². The van der Waals surface area contributed by atoms with Gasteiger partial charge in [0.05, 0.1) is 10.5 Å². The maximum absolute atomic E-state index is 11.0. The highest BCUT2D eigenvalue weighted by Crippen LogP contribution is 2.30. The summed E-state index contributed by atoms with van der Waals surface area (Å²) in [5, 5.41) is 19.9. The first kappa shape index (κ1) is 12.1. The molecule has 0 amide bonds. The van der Waals surface area contributed by atoms with Crippen molar-refractivity contribution in [2.24, 2.45) is 0 Å². The molecule has 1 heterocycles. The third kappa shape index (κ3) is 2.32. The topological polar surface area (TPSA) is 83.7 Å². The smallest absolute Gasteiger partial charge is 0.335 e. The SMILES string of the molecule is O=C(O)c1ccc([N+](=O)[O-])c(N2CC=CCC2)c1. The summed E-state index contributed by atoms with van der Waals surface area (Å²) in [5.41, 5.74) is 0.365. The highest BCUT2D eigenvalue weighted by Gasteiger charge is 2.21. The minimum absolute atomic E-state index is 0.0599. The highest BCUT2D eigenvalue weighted by atomic mass is 16.6. The lowest BCUT2D eigenvalue weighted by molar-refractivity contribution is -0.384. The average molecular weight is 248 g/mol. The Morgan fingerprint density at radius 3 is 2.72 bits per heavy atom. The summed E-state index contributed by atoms with van der Waals surface area (Å²) < 4.78 is 0. The van der Waals surface area contributed by atoms with E-state index >= 15 is 0 Å². The van der Waals surface area contributed by atoms with Gasteiger partial charge in [-0.3, -0.25) is 10.1 Å². The zero-order valence-corrected chi connectivity index (χ0v) is 9.57. The van der Waals surface area contributed by atoms with E-state index in [2.05, 4.69) is 0 Å². The predicted molar refractivity (Wildman–Crippen MR) is 66.0 cm³/mol. The standard InChI is InChI=1S/C12H12N2O4/c15-12(16)9-4-5-10(14(17)18)11(8-9)13-6-2-1-3-7-13/h1-2,4-5,8H,3,6-7H2,(H,15,16). The summed E-state index contributed by atoms with van der Waals surface area (Å²) in [6.07, 6.45) is 4.72. The summed E-state index contributed by atoms with van der Waals surface area (Å²) in [5.74, 6) is -1.08. The number of carboxylic acid groups (broad SMARTS) is 1. The van der Waals surface area contributed by atoms with Crippen molar-refractivity contribution in [2.45, 2.75) is 6.42 Å². The molecular formula is C12H12N2O4. The largest absolute Gasteiger partial charge is 0.478 e. The van der Waals surface area contributed by atoms with Crippen molar-refractivity contribution in [3.63, 3.8) is 0 Å². The number of nitro benzene ring substituents is 1. The molecule has 0 spiro atoms. The van der Waals surface area contributed by atoms with E-state index in [-0.39, 0.29) is 11.3 Å². The lowest BCUT2D eigenvalue weighted by atomic mass is 10.1. The Hall–Kier alpha value is -2.37. The monoisotopic (exact) mass is 248 g/mol. The van der Waals surface area contributed by atoms with Crippen molar-refractivity contribution in [3.8, 4) is 0 Å². The van der Waals surface area contributed by atoms with Crippen LogP contribution >= 0.6 is 0 Å². The molecule has 94 valence electrons. The molecule has 1 aliphatic rings. The van der Waals surface area contributed by atoms with Gasteiger partial charge in [0, 0.05) is 19.2 Å². The van der Waals surface area contributed by atoms with Crippen LogP contribution < -0.4 is 4.90 Å². The van der Waals surface area contributed by atoms with Crippen LogP contribution in [0.5, 0.6) is 0 Å². The van der Waals surface area contributed by atoms with Crippen LogP contribution in [0, 0.1) is 10.1 Å². The van der Waals surface area contributed by atoms with Crippen LogP contribution in [0.3, 0.4) is 0 Å². The van der Waals surface area contributed by atoms with Crippen LogP contribution in [-0.2, 0) is 0 Å². The lowest BCUT2D eigenvalue weighted by Gasteiger charge is -2.25. The van der Waals surface area contributed by atoms with Gasteiger partial charge in [-0.1, -0.05) is 12.2 Å². The molecule has 1 aromatic rings. The van der Waals surface area contributed by atoms with Gasteiger partial charge >= 0.3 is 5.97 Å². The molecule has 0 bridgehead atoms. The quantitative estimate of drug-likeness (QED) is 0.503. The van der Waals surface area contributed by atoms with Gasteiger partial charge in [-0.05, 0) is 18.6 Å². The summed E-state index contributed by atoms with van der Waals surface area (Å²) in [6, 6.07) is 3.86. The van der Waals surface area contributed by atoms with Gasteiger partial charge in [0.2, 0.25) is 0 Å². The summed E-state index contributed by atoms with van der Waals surface area (Å²) in [4.78, 5) is 23.2. The van der Waals surface area contributed by atoms with Crippen molar-refractivity contribution in [3.05, 3.63) is 46.0 Å². The van der Waals surface area contributed by atoms with Crippen molar-refractivity contribution < 1.29 is 14.8 Å². The molecule has 0 unspecified atom stereocenters. The Morgan fingerprint density at radius 1 is 1.39 bits per heavy atom. The third-order valence-corrected chi connectivity index (χ3v) is 2.82. The Kier molecular flexibility index (Phi) is 3.27. The van der Waals surface area contributed by atoms with E-state index < -0.39 is 10.9 Å². The second kappa shape index (κ2) is 4.87. The molecule has 6 nitrogen and oxygen atoms in total. The number of hydrogen-bond donors (Lipinski definition) is 1. The maximum Gasteiger partial charge on any atom is 0.335 e. The number of carboxylic acids is 1. The van der Waals surface area contributed by atoms with Gasteiger partial charge in [-0.25, -0.2) is 4.79 Å². The van der Waals surface area contributed by atoms with Crippen molar-refractivity contribution in [1.29, 1.82) is 0 Å². The number of benzene rings is 1. The van der Waals surface area contributed by atoms with E-state index in [1.54, 1.807) is 0 Å². The van der Waals surface area contributed by atoms with Gasteiger partial charge in [-0.15, -0.1) is 0 Å². The van der Waals surface area contributed by atoms with Gasteiger partial charge in [0.25, 0.3) is 5.69 Å². The molecule has 0 saturated heterocycles. The third-order valence-electron chi connectivity index (χ3n) is 2.82. The summed E-state index contributed by atoms with van der Waals surface area (Å²) in [6.45, 7) is 1.21. The first-order chi connectivity index (χ1) is 8.59. The molecule has 2 rings (SSSR count). The highest BCUT2D eigenvalue weighted by molar-refractivity contribution is 5.90. The molecule has 0 aliphatic carbocycles. The lowest BCUT2D eigenvalue weighted by Crippen LogP contribution is -2.27. The van der Waals surface area contributed by atoms with Crippen LogP contribution in [0.25, 0.3) is 0 Å². The van der Waals surface area contributed by atoms with Crippen molar-refractivity contribution in [2.75, 3.05) is 18.0 Å². The Labute approximate surface area is 103 Å². The Balaban J connectivity index is 2.46. The van der Waals surface area contributed by atoms with E-state index in [9.17, 15) is 14.9 Å². The van der Waals surface area contributed by atoms with Gasteiger partial charge in [0.1, 0.15) is 5.69 Å². The minimum Gasteiger partial charge on any atom is -0.478 e. The van der Waals surface area contributed by atoms with Crippen LogP contribution in [0.2, 0.25) is 0 Å². The molecule has 1 N–H and O–H groups in total. The fourth-order valence-electron chi connectivity index (χ4n) is 1.92. The number of aromatic carboxylic acids is 1. The molecule has 0 atom stereocenters. The fourth-order valence-corrected chi connectivity index (χ4v) is 1.92. The number of nitrogens with zero attached hydrogens (tertiary/aromatic N) is 2. The Morgan fingerprint density at radius 2 is 2.17 bits per heavy atom. The van der Waals surface area contributed by atoms with Crippen molar-refractivity contribution in [1.82, 2.24) is 0 Å². The predicted octanol–water partition coefficient (Wildman–Crippen LogP) is 2.06. The van der Waals surface area contributed by atoms with E-state index in [1.165, 1.54) is 18.2 Å². The summed E-state index contributed by atoms with van der Waals surface area (Å²) >= 11 is 0. The van der Waals surface area contributed by atoms with E-state index in [0.717, 1.165) is 6.42 Å². The second-order valence-electron chi connectivity index (χ2n) is 3.97. The molecule has 1 aromatic carbocycles. The first-order valence-electron chi connectivity index (χ1n) is 5.51. The van der Waals surface area contributed by atoms with E-state index in [1.807, 2.05) is 17.1 Å². The average Bonchev–Trinajstić information content (AvgIpc) is 2.39. The van der Waals surface area contributed by atoms with Crippen LogP contribution in [0.1, 0.15) is 16.8 Å². The zero-order chi connectivity index (χ0) is 13.1. The molecule has 6 heteroatoms. The molecule has 0 aromatic heterocycles. The Bertz CT molecular complexity index is 525. The van der Waals surface area contributed by atoms with Crippen LogP contribution in [0.15, 0.2) is 30.4 Å². The van der Waals surface area contributed by atoms with Gasteiger partial charge in [-0.2, -0.15) is 0 Å². The second-order valence-corrected chi connectivity index (χ2v) is 3.97. The number of carbonyl (C=O) groups is 1. The molecule has 0 radical (unpaired) electrons. The fraction of sp³-hybridized carbons (Fsp3) is 0.250. The van der Waals surface area contributed by atoms with Gasteiger partial charge < -0.3 is 10.0 Å². The number of hydrogen-bond acceptors (Lipinski definition) is 4. The van der Waals surface area contributed by atoms with E-state index in [4.69, 9.17) is 5.11 Å². The van der Waals surface area contributed by atoms with Gasteiger partial charge in [0.15, 0.2) is 0 Å². The summed E-state index contributed by atoms with van der Waals surface area (Å²) in [7, 11) is 0. The molecular weight excluding hydrogens is 236 g/mol.